The molecule has 84 valence electrons. The lowest BCUT2D eigenvalue weighted by Gasteiger charge is -2.21. The Labute approximate surface area is 80.4 Å². The summed E-state index contributed by atoms with van der Waals surface area (Å²) in [6.45, 7) is -1.52. The van der Waals surface area contributed by atoms with Gasteiger partial charge in [0.2, 0.25) is 0 Å². The molecule has 0 saturated heterocycles. The number of Topliss-reactive ketones (excluding diaryl/α,β-unsaturated/α-hetero) is 1. The van der Waals surface area contributed by atoms with Crippen molar-refractivity contribution in [3.05, 3.63) is 0 Å². The lowest BCUT2D eigenvalue weighted by Crippen LogP contribution is -2.52. The van der Waals surface area contributed by atoms with Crippen molar-refractivity contribution in [2.24, 2.45) is 5.73 Å². The van der Waals surface area contributed by atoms with Gasteiger partial charge < -0.3 is 31.3 Å². The summed E-state index contributed by atoms with van der Waals surface area (Å²) in [5.74, 6) is -1.03. The molecule has 0 heterocycles. The second-order valence-corrected chi connectivity index (χ2v) is 2.87. The third-order valence-electron chi connectivity index (χ3n) is 1.77. The van der Waals surface area contributed by atoms with E-state index in [1.165, 1.54) is 0 Å². The van der Waals surface area contributed by atoms with E-state index in [1.807, 2.05) is 0 Å². The van der Waals surface area contributed by atoms with Gasteiger partial charge in [-0.25, -0.2) is 0 Å². The number of aliphatic hydroxyl groups excluding tert-OH is 5. The van der Waals surface area contributed by atoms with Crippen LogP contribution in [0, 0.1) is 0 Å². The number of nitrogens with two attached hydrogens (primary N) is 1. The predicted octanol–water partition coefficient (Wildman–Crippen LogP) is -4.05. The topological polar surface area (TPSA) is 144 Å². The zero-order valence-electron chi connectivity index (χ0n) is 7.45. The molecular weight excluding hydrogens is 194 g/mol. The summed E-state index contributed by atoms with van der Waals surface area (Å²) >= 11 is 0. The fraction of sp³-hybridized carbons (Fsp3) is 0.857. The van der Waals surface area contributed by atoms with Gasteiger partial charge in [0, 0.05) is 0 Å². The molecule has 0 radical (unpaired) electrons. The molecule has 0 amide bonds. The number of carbonyl (C=O) groups excluding carboxylic acids is 1. The van der Waals surface area contributed by atoms with Crippen LogP contribution in [0.3, 0.4) is 0 Å². The summed E-state index contributed by atoms with van der Waals surface area (Å²) in [5.41, 5.74) is 5.15. The van der Waals surface area contributed by atoms with Crippen molar-refractivity contribution < 1.29 is 30.3 Å². The summed E-state index contributed by atoms with van der Waals surface area (Å²) in [7, 11) is 0. The van der Waals surface area contributed by atoms with E-state index < -0.39 is 43.4 Å². The lowest BCUT2D eigenvalue weighted by atomic mass is 10.00. The predicted molar refractivity (Wildman–Crippen MR) is 45.2 cm³/mol. The quantitative estimate of drug-likeness (QED) is 0.261. The van der Waals surface area contributed by atoms with Gasteiger partial charge in [-0.05, 0) is 0 Å². The summed E-state index contributed by atoms with van der Waals surface area (Å²) < 4.78 is 0. The summed E-state index contributed by atoms with van der Waals surface area (Å²) in [4.78, 5) is 11.1. The van der Waals surface area contributed by atoms with E-state index in [0.717, 1.165) is 0 Å². The summed E-state index contributed by atoms with van der Waals surface area (Å²) in [6.07, 6.45) is -5.00. The fourth-order valence-electron chi connectivity index (χ4n) is 0.790. The molecule has 0 aromatic rings. The Bertz CT molecular complexity index is 169. The van der Waals surface area contributed by atoms with Crippen LogP contribution in [0.5, 0.6) is 0 Å². The smallest absolute Gasteiger partial charge is 0.183 e. The summed E-state index contributed by atoms with van der Waals surface area (Å²) in [5, 5.41) is 43.8. The lowest BCUT2D eigenvalue weighted by molar-refractivity contribution is -0.138. The van der Waals surface area contributed by atoms with E-state index in [0.29, 0.717) is 0 Å². The Morgan fingerprint density at radius 2 is 1.50 bits per heavy atom. The number of hydrogen-bond acceptors (Lipinski definition) is 7. The Morgan fingerprint density at radius 3 is 1.86 bits per heavy atom. The van der Waals surface area contributed by atoms with Gasteiger partial charge in [0.15, 0.2) is 5.78 Å². The molecule has 4 atom stereocenters. The first-order valence-corrected chi connectivity index (χ1v) is 4.01. The standard InChI is InChI=1S/C7H15NO6/c8-5(3(11)1-9)7(14)6(13)4(12)2-10/h3-6,9-13H,1-2,8H2/t3?,4-,5+,6-/m1/s1. The highest BCUT2D eigenvalue weighted by Crippen LogP contribution is 2.00. The van der Waals surface area contributed by atoms with Gasteiger partial charge in [0.25, 0.3) is 0 Å². The maximum absolute atomic E-state index is 11.1. The van der Waals surface area contributed by atoms with Crippen LogP contribution in [0.4, 0.5) is 0 Å². The highest BCUT2D eigenvalue weighted by molar-refractivity contribution is 5.88. The van der Waals surface area contributed by atoms with Crippen molar-refractivity contribution in [1.82, 2.24) is 0 Å². The molecular formula is C7H15NO6. The van der Waals surface area contributed by atoms with Crippen LogP contribution in [0.25, 0.3) is 0 Å². The van der Waals surface area contributed by atoms with Gasteiger partial charge in [0.05, 0.1) is 25.4 Å². The van der Waals surface area contributed by atoms with Crippen LogP contribution < -0.4 is 5.73 Å². The van der Waals surface area contributed by atoms with E-state index in [2.05, 4.69) is 0 Å². The average Bonchev–Trinajstić information content (AvgIpc) is 2.23. The van der Waals surface area contributed by atoms with Crippen molar-refractivity contribution in [2.75, 3.05) is 13.2 Å². The minimum absolute atomic E-state index is 0.727. The monoisotopic (exact) mass is 209 g/mol. The van der Waals surface area contributed by atoms with Gasteiger partial charge in [0.1, 0.15) is 12.2 Å². The SMILES string of the molecule is N[C@H](C(=O)[C@H](O)[C@H](O)CO)C(O)CO. The van der Waals surface area contributed by atoms with Crippen LogP contribution >= 0.6 is 0 Å². The van der Waals surface area contributed by atoms with E-state index in [1.54, 1.807) is 0 Å². The molecule has 0 aliphatic rings. The van der Waals surface area contributed by atoms with Gasteiger partial charge in [-0.1, -0.05) is 0 Å². The highest BCUT2D eigenvalue weighted by atomic mass is 16.4. The number of hydrogen-bond donors (Lipinski definition) is 6. The Hall–Kier alpha value is -0.570. The van der Waals surface area contributed by atoms with E-state index in [-0.39, 0.29) is 0 Å². The third kappa shape index (κ3) is 3.29. The largest absolute Gasteiger partial charge is 0.394 e. The number of ketones is 1. The number of aliphatic hydroxyl groups is 5. The fourth-order valence-corrected chi connectivity index (χ4v) is 0.790. The van der Waals surface area contributed by atoms with Crippen LogP contribution in [-0.2, 0) is 4.79 Å². The van der Waals surface area contributed by atoms with Crippen LogP contribution in [-0.4, -0.2) is 68.9 Å². The first-order chi connectivity index (χ1) is 6.45. The molecule has 0 aliphatic carbocycles. The van der Waals surface area contributed by atoms with Crippen molar-refractivity contribution >= 4 is 5.78 Å². The molecule has 0 fully saturated rings. The first kappa shape index (κ1) is 13.4. The Morgan fingerprint density at radius 1 is 1.07 bits per heavy atom. The average molecular weight is 209 g/mol. The molecule has 0 bridgehead atoms. The summed E-state index contributed by atoms with van der Waals surface area (Å²) in [6, 6.07) is -1.49. The van der Waals surface area contributed by atoms with E-state index >= 15 is 0 Å². The zero-order valence-corrected chi connectivity index (χ0v) is 7.45. The van der Waals surface area contributed by atoms with Crippen LogP contribution in [0.15, 0.2) is 0 Å². The van der Waals surface area contributed by atoms with Crippen molar-refractivity contribution in [2.45, 2.75) is 24.4 Å². The highest BCUT2D eigenvalue weighted by Gasteiger charge is 2.31. The molecule has 7 nitrogen and oxygen atoms in total. The van der Waals surface area contributed by atoms with Gasteiger partial charge in [-0.3, -0.25) is 4.79 Å². The van der Waals surface area contributed by atoms with Crippen LogP contribution in [0.2, 0.25) is 0 Å². The molecule has 7 heteroatoms. The molecule has 0 rings (SSSR count). The van der Waals surface area contributed by atoms with E-state index in [4.69, 9.17) is 31.3 Å². The van der Waals surface area contributed by atoms with Crippen molar-refractivity contribution in [3.63, 3.8) is 0 Å². The second-order valence-electron chi connectivity index (χ2n) is 2.87. The maximum Gasteiger partial charge on any atom is 0.183 e. The third-order valence-corrected chi connectivity index (χ3v) is 1.77. The van der Waals surface area contributed by atoms with Crippen molar-refractivity contribution in [3.8, 4) is 0 Å². The molecule has 0 saturated carbocycles. The van der Waals surface area contributed by atoms with E-state index in [9.17, 15) is 4.79 Å². The molecule has 0 aromatic heterocycles. The maximum atomic E-state index is 11.1. The Kier molecular flexibility index (Phi) is 5.77. The number of carbonyl (C=O) groups is 1. The van der Waals surface area contributed by atoms with Gasteiger partial charge in [-0.15, -0.1) is 0 Å². The Balaban J connectivity index is 4.31. The zero-order chi connectivity index (χ0) is 11.3. The number of rotatable bonds is 6. The minimum atomic E-state index is -1.86. The van der Waals surface area contributed by atoms with Crippen LogP contribution in [0.1, 0.15) is 0 Å². The molecule has 0 aromatic carbocycles. The molecule has 0 aliphatic heterocycles. The molecule has 1 unspecified atom stereocenters. The minimum Gasteiger partial charge on any atom is -0.394 e. The molecule has 0 spiro atoms. The van der Waals surface area contributed by atoms with Gasteiger partial charge in [-0.2, -0.15) is 0 Å². The first-order valence-electron chi connectivity index (χ1n) is 4.01. The molecule has 14 heavy (non-hydrogen) atoms. The van der Waals surface area contributed by atoms with Crippen molar-refractivity contribution in [1.29, 1.82) is 0 Å². The normalized spacial score (nSPS) is 19.9. The van der Waals surface area contributed by atoms with Gasteiger partial charge >= 0.3 is 0 Å². The molecule has 7 N–H and O–H groups in total. The second kappa shape index (κ2) is 6.02.